The molecule has 0 aliphatic heterocycles. The lowest BCUT2D eigenvalue weighted by Crippen LogP contribution is -2.30. The van der Waals surface area contributed by atoms with E-state index in [4.69, 9.17) is 0 Å². The summed E-state index contributed by atoms with van der Waals surface area (Å²) in [6, 6.07) is 9.10. The largest absolute Gasteiger partial charge is 0.352 e. The van der Waals surface area contributed by atoms with Gasteiger partial charge in [0.2, 0.25) is 0 Å². The van der Waals surface area contributed by atoms with Crippen LogP contribution in [0.1, 0.15) is 23.2 Å². The molecule has 3 heteroatoms. The van der Waals surface area contributed by atoms with Gasteiger partial charge in [-0.1, -0.05) is 24.3 Å². The summed E-state index contributed by atoms with van der Waals surface area (Å²) in [5, 5.41) is 2.86. The molecule has 0 aromatic heterocycles. The molecule has 0 bridgehead atoms. The molecule has 0 saturated carbocycles. The third-order valence-electron chi connectivity index (χ3n) is 2.85. The summed E-state index contributed by atoms with van der Waals surface area (Å²) in [5.41, 5.74) is 0.658. The average Bonchev–Trinajstić information content (AvgIpc) is 2.37. The van der Waals surface area contributed by atoms with Crippen LogP contribution in [-0.2, 0) is 4.79 Å². The van der Waals surface area contributed by atoms with E-state index >= 15 is 0 Å². The van der Waals surface area contributed by atoms with Crippen molar-refractivity contribution < 1.29 is 9.59 Å². The maximum absolute atomic E-state index is 11.8. The number of amides is 1. The Labute approximate surface area is 101 Å². The molecule has 2 rings (SSSR count). The SMILES string of the molecule is O=C1C=CCC(CNC(=O)c2ccccc2)C1. The molecule has 1 aliphatic carbocycles. The predicted molar refractivity (Wildman–Crippen MR) is 65.6 cm³/mol. The molecule has 1 aromatic carbocycles. The Morgan fingerprint density at radius 2 is 2.06 bits per heavy atom. The molecule has 1 aliphatic rings. The van der Waals surface area contributed by atoms with E-state index in [1.165, 1.54) is 0 Å². The Morgan fingerprint density at radius 1 is 1.29 bits per heavy atom. The van der Waals surface area contributed by atoms with Crippen LogP contribution in [-0.4, -0.2) is 18.2 Å². The zero-order valence-electron chi connectivity index (χ0n) is 9.56. The van der Waals surface area contributed by atoms with E-state index in [0.717, 1.165) is 6.42 Å². The van der Waals surface area contributed by atoms with Crippen LogP contribution in [0.25, 0.3) is 0 Å². The number of carbonyl (C=O) groups is 2. The molecule has 1 N–H and O–H groups in total. The summed E-state index contributed by atoms with van der Waals surface area (Å²) >= 11 is 0. The first kappa shape index (κ1) is 11.6. The van der Waals surface area contributed by atoms with Crippen molar-refractivity contribution in [3.63, 3.8) is 0 Å². The number of rotatable bonds is 3. The Kier molecular flexibility index (Phi) is 3.70. The first-order valence-corrected chi connectivity index (χ1v) is 5.78. The number of hydrogen-bond donors (Lipinski definition) is 1. The molecule has 17 heavy (non-hydrogen) atoms. The van der Waals surface area contributed by atoms with Gasteiger partial charge in [-0.25, -0.2) is 0 Å². The van der Waals surface area contributed by atoms with Crippen molar-refractivity contribution in [3.05, 3.63) is 48.0 Å². The highest BCUT2D eigenvalue weighted by atomic mass is 16.1. The first-order valence-electron chi connectivity index (χ1n) is 5.78. The summed E-state index contributed by atoms with van der Waals surface area (Å²) in [5.74, 6) is 0.308. The van der Waals surface area contributed by atoms with Crippen molar-refractivity contribution in [2.75, 3.05) is 6.54 Å². The molecule has 1 amide bonds. The van der Waals surface area contributed by atoms with Crippen LogP contribution < -0.4 is 5.32 Å². The lowest BCUT2D eigenvalue weighted by Gasteiger charge is -2.17. The van der Waals surface area contributed by atoms with Gasteiger partial charge in [-0.2, -0.15) is 0 Å². The van der Waals surface area contributed by atoms with Gasteiger partial charge in [-0.05, 0) is 30.5 Å². The van der Waals surface area contributed by atoms with Gasteiger partial charge in [0.05, 0.1) is 0 Å². The Balaban J connectivity index is 1.85. The van der Waals surface area contributed by atoms with E-state index in [-0.39, 0.29) is 17.6 Å². The molecule has 0 radical (unpaired) electrons. The third-order valence-corrected chi connectivity index (χ3v) is 2.85. The Morgan fingerprint density at radius 3 is 2.76 bits per heavy atom. The van der Waals surface area contributed by atoms with Crippen LogP contribution in [0.2, 0.25) is 0 Å². The second-order valence-electron chi connectivity index (χ2n) is 4.25. The van der Waals surface area contributed by atoms with Crippen LogP contribution >= 0.6 is 0 Å². The molecular weight excluding hydrogens is 214 g/mol. The number of nitrogens with one attached hydrogen (secondary N) is 1. The molecule has 0 fully saturated rings. The van der Waals surface area contributed by atoms with Crippen molar-refractivity contribution in [3.8, 4) is 0 Å². The molecule has 1 aromatic rings. The van der Waals surface area contributed by atoms with Gasteiger partial charge >= 0.3 is 0 Å². The van der Waals surface area contributed by atoms with Crippen LogP contribution in [0.15, 0.2) is 42.5 Å². The van der Waals surface area contributed by atoms with E-state index in [0.29, 0.717) is 18.5 Å². The zero-order chi connectivity index (χ0) is 12.1. The predicted octanol–water partition coefficient (Wildman–Crippen LogP) is 1.95. The number of allylic oxidation sites excluding steroid dienone is 2. The molecule has 1 unspecified atom stereocenters. The van der Waals surface area contributed by atoms with E-state index in [1.54, 1.807) is 18.2 Å². The minimum absolute atomic E-state index is 0.0763. The fourth-order valence-corrected chi connectivity index (χ4v) is 1.91. The fourth-order valence-electron chi connectivity index (χ4n) is 1.91. The second-order valence-corrected chi connectivity index (χ2v) is 4.25. The molecule has 0 heterocycles. The van der Waals surface area contributed by atoms with E-state index in [1.807, 2.05) is 24.3 Å². The summed E-state index contributed by atoms with van der Waals surface area (Å²) in [4.78, 5) is 22.9. The van der Waals surface area contributed by atoms with Gasteiger partial charge in [-0.15, -0.1) is 0 Å². The molecule has 88 valence electrons. The topological polar surface area (TPSA) is 46.2 Å². The van der Waals surface area contributed by atoms with Gasteiger partial charge < -0.3 is 5.32 Å². The molecule has 3 nitrogen and oxygen atoms in total. The van der Waals surface area contributed by atoms with Crippen molar-refractivity contribution in [1.82, 2.24) is 5.32 Å². The molecule has 1 atom stereocenters. The van der Waals surface area contributed by atoms with Gasteiger partial charge in [0.25, 0.3) is 5.91 Å². The zero-order valence-corrected chi connectivity index (χ0v) is 9.56. The van der Waals surface area contributed by atoms with E-state index in [2.05, 4.69) is 5.32 Å². The number of hydrogen-bond acceptors (Lipinski definition) is 2. The fraction of sp³-hybridized carbons (Fsp3) is 0.286. The number of benzene rings is 1. The summed E-state index contributed by atoms with van der Waals surface area (Å²) in [7, 11) is 0. The van der Waals surface area contributed by atoms with Gasteiger partial charge in [0.15, 0.2) is 5.78 Å². The summed E-state index contributed by atoms with van der Waals surface area (Å²) in [6.07, 6.45) is 4.90. The third kappa shape index (κ3) is 3.28. The van der Waals surface area contributed by atoms with Crippen molar-refractivity contribution in [2.45, 2.75) is 12.8 Å². The van der Waals surface area contributed by atoms with Crippen LogP contribution in [0.4, 0.5) is 0 Å². The highest BCUT2D eigenvalue weighted by Gasteiger charge is 2.16. The van der Waals surface area contributed by atoms with Gasteiger partial charge in [0, 0.05) is 18.5 Å². The summed E-state index contributed by atoms with van der Waals surface area (Å²) < 4.78 is 0. The average molecular weight is 229 g/mol. The van der Waals surface area contributed by atoms with Crippen LogP contribution in [0.5, 0.6) is 0 Å². The normalized spacial score (nSPS) is 19.1. The monoisotopic (exact) mass is 229 g/mol. The van der Waals surface area contributed by atoms with E-state index in [9.17, 15) is 9.59 Å². The van der Waals surface area contributed by atoms with Crippen molar-refractivity contribution in [1.29, 1.82) is 0 Å². The van der Waals surface area contributed by atoms with Crippen molar-refractivity contribution in [2.24, 2.45) is 5.92 Å². The molecular formula is C14H15NO2. The first-order chi connectivity index (χ1) is 8.25. The quantitative estimate of drug-likeness (QED) is 0.861. The maximum Gasteiger partial charge on any atom is 0.251 e. The van der Waals surface area contributed by atoms with Crippen molar-refractivity contribution >= 4 is 11.7 Å². The highest BCUT2D eigenvalue weighted by molar-refractivity contribution is 5.94. The second kappa shape index (κ2) is 5.43. The molecule has 0 spiro atoms. The number of ketones is 1. The maximum atomic E-state index is 11.8. The van der Waals surface area contributed by atoms with Gasteiger partial charge in [0.1, 0.15) is 0 Å². The van der Waals surface area contributed by atoms with Gasteiger partial charge in [-0.3, -0.25) is 9.59 Å². The van der Waals surface area contributed by atoms with Crippen LogP contribution in [0, 0.1) is 5.92 Å². The lowest BCUT2D eigenvalue weighted by atomic mass is 9.93. The standard InChI is InChI=1S/C14H15NO2/c16-13-8-4-5-11(9-13)10-15-14(17)12-6-2-1-3-7-12/h1-4,6-8,11H,5,9-10H2,(H,15,17). The van der Waals surface area contributed by atoms with E-state index < -0.39 is 0 Å². The number of carbonyl (C=O) groups excluding carboxylic acids is 2. The minimum atomic E-state index is -0.0763. The Bertz CT molecular complexity index is 437. The smallest absolute Gasteiger partial charge is 0.251 e. The minimum Gasteiger partial charge on any atom is -0.352 e. The highest BCUT2D eigenvalue weighted by Crippen LogP contribution is 2.14. The lowest BCUT2D eigenvalue weighted by molar-refractivity contribution is -0.115. The molecule has 0 saturated heterocycles. The van der Waals surface area contributed by atoms with Crippen LogP contribution in [0.3, 0.4) is 0 Å². The Hall–Kier alpha value is -1.90. The summed E-state index contributed by atoms with van der Waals surface area (Å²) in [6.45, 7) is 0.559.